The van der Waals surface area contributed by atoms with Crippen LogP contribution in [0.5, 0.6) is 11.5 Å². The molecule has 1 saturated heterocycles. The van der Waals surface area contributed by atoms with Gasteiger partial charge >= 0.3 is 0 Å². The van der Waals surface area contributed by atoms with Gasteiger partial charge in [-0.2, -0.15) is 0 Å². The molecule has 5 rings (SSSR count). The average Bonchev–Trinajstić information content (AvgIpc) is 3.55. The second-order valence-corrected chi connectivity index (χ2v) is 8.11. The van der Waals surface area contributed by atoms with Gasteiger partial charge in [-0.05, 0) is 43.7 Å². The van der Waals surface area contributed by atoms with Gasteiger partial charge in [-0.3, -0.25) is 14.4 Å². The Kier molecular flexibility index (Phi) is 5.45. The largest absolute Gasteiger partial charge is 0.486 e. The number of fused-ring (bicyclic) bond motifs is 1. The number of imidazole rings is 1. The van der Waals surface area contributed by atoms with Crippen LogP contribution in [0.25, 0.3) is 0 Å². The van der Waals surface area contributed by atoms with Gasteiger partial charge < -0.3 is 23.4 Å². The molecule has 0 spiro atoms. The summed E-state index contributed by atoms with van der Waals surface area (Å²) >= 11 is 0. The molecule has 0 bridgehead atoms. The van der Waals surface area contributed by atoms with Crippen molar-refractivity contribution in [3.8, 4) is 11.5 Å². The summed E-state index contributed by atoms with van der Waals surface area (Å²) in [5.41, 5.74) is 0.291. The number of aryl methyl sites for hydroxylation is 2. The number of amides is 1. The van der Waals surface area contributed by atoms with Gasteiger partial charge in [0.2, 0.25) is 5.78 Å². The predicted molar refractivity (Wildman–Crippen MR) is 115 cm³/mol. The predicted octanol–water partition coefficient (Wildman–Crippen LogP) is 2.60. The lowest BCUT2D eigenvalue weighted by molar-refractivity contribution is -0.140. The van der Waals surface area contributed by atoms with Crippen molar-refractivity contribution in [2.24, 2.45) is 5.92 Å². The van der Waals surface area contributed by atoms with E-state index in [-0.39, 0.29) is 0 Å². The Hall–Kier alpha value is -3.88. The zero-order valence-electron chi connectivity index (χ0n) is 18.1. The molecule has 1 amide bonds. The molecule has 2 aliphatic rings. The minimum Gasteiger partial charge on any atom is -0.486 e. The van der Waals surface area contributed by atoms with Crippen LogP contribution >= 0.6 is 0 Å². The molecule has 0 N–H and O–H groups in total. The first-order valence-corrected chi connectivity index (χ1v) is 10.8. The molecule has 9 heteroatoms. The van der Waals surface area contributed by atoms with Crippen LogP contribution in [0.1, 0.15) is 34.3 Å². The third kappa shape index (κ3) is 3.90. The van der Waals surface area contributed by atoms with E-state index in [4.69, 9.17) is 13.9 Å². The minimum absolute atomic E-state index is 0.291. The van der Waals surface area contributed by atoms with Gasteiger partial charge in [0.1, 0.15) is 36.7 Å². The van der Waals surface area contributed by atoms with Crippen molar-refractivity contribution in [2.45, 2.75) is 25.9 Å². The zero-order valence-corrected chi connectivity index (χ0v) is 18.1. The molecule has 0 aliphatic carbocycles. The van der Waals surface area contributed by atoms with Crippen LogP contribution < -0.4 is 9.47 Å². The lowest BCUT2D eigenvalue weighted by Crippen LogP contribution is -2.32. The van der Waals surface area contributed by atoms with Crippen LogP contribution in [-0.4, -0.2) is 51.7 Å². The molecule has 2 aromatic heterocycles. The summed E-state index contributed by atoms with van der Waals surface area (Å²) in [7, 11) is 0. The Morgan fingerprint density at radius 1 is 1.09 bits per heavy atom. The van der Waals surface area contributed by atoms with Crippen molar-refractivity contribution >= 4 is 17.5 Å². The first kappa shape index (κ1) is 21.0. The Morgan fingerprint density at radius 2 is 1.91 bits per heavy atom. The Morgan fingerprint density at radius 3 is 2.64 bits per heavy atom. The monoisotopic (exact) mass is 449 g/mol. The van der Waals surface area contributed by atoms with Crippen molar-refractivity contribution < 1.29 is 28.3 Å². The van der Waals surface area contributed by atoms with Gasteiger partial charge in [0.25, 0.3) is 5.91 Å². The number of aromatic nitrogens is 2. The number of likely N-dealkylation sites (tertiary alicyclic amines) is 1. The van der Waals surface area contributed by atoms with E-state index in [1.807, 2.05) is 10.8 Å². The standard InChI is InChI=1S/C24H23N3O6/c1-15-3-5-18(33-15)21-20(22(28)16-4-6-17-19(13-16)32-12-11-31-17)23(29)24(30)27(21)9-2-8-26-10-7-25-14-26/h3-7,10,13-14,20-21H,2,8-9,11-12H2,1H3. The number of hydrogen-bond acceptors (Lipinski definition) is 7. The van der Waals surface area contributed by atoms with Crippen molar-refractivity contribution in [3.05, 3.63) is 66.1 Å². The first-order valence-electron chi connectivity index (χ1n) is 10.8. The molecule has 1 aromatic carbocycles. The number of nitrogens with zero attached hydrogens (tertiary/aromatic N) is 3. The summed E-state index contributed by atoms with van der Waals surface area (Å²) in [6.07, 6.45) is 5.80. The van der Waals surface area contributed by atoms with E-state index in [9.17, 15) is 14.4 Å². The molecular weight excluding hydrogens is 426 g/mol. The van der Waals surface area contributed by atoms with Crippen molar-refractivity contribution in [2.75, 3.05) is 19.8 Å². The van der Waals surface area contributed by atoms with Gasteiger partial charge in [0.05, 0.1) is 6.33 Å². The van der Waals surface area contributed by atoms with E-state index in [2.05, 4.69) is 4.98 Å². The molecule has 3 aromatic rings. The molecule has 9 nitrogen and oxygen atoms in total. The van der Waals surface area contributed by atoms with E-state index in [0.29, 0.717) is 61.3 Å². The number of benzene rings is 1. The van der Waals surface area contributed by atoms with E-state index in [0.717, 1.165) is 0 Å². The summed E-state index contributed by atoms with van der Waals surface area (Å²) in [4.78, 5) is 45.1. The number of Topliss-reactive ketones (excluding diaryl/α,β-unsaturated/α-hetero) is 2. The number of furan rings is 1. The Balaban J connectivity index is 1.45. The molecule has 2 atom stereocenters. The van der Waals surface area contributed by atoms with Gasteiger partial charge in [-0.1, -0.05) is 0 Å². The number of carbonyl (C=O) groups excluding carboxylic acids is 3. The lowest BCUT2D eigenvalue weighted by Gasteiger charge is -2.25. The van der Waals surface area contributed by atoms with Crippen LogP contribution in [0.4, 0.5) is 0 Å². The number of hydrogen-bond donors (Lipinski definition) is 0. The summed E-state index contributed by atoms with van der Waals surface area (Å²) in [5, 5.41) is 0. The SMILES string of the molecule is Cc1ccc(C2C(C(=O)c3ccc4c(c3)OCCO4)C(=O)C(=O)N2CCCn2ccnc2)o1. The third-order valence-corrected chi connectivity index (χ3v) is 5.94. The fourth-order valence-corrected chi connectivity index (χ4v) is 4.38. The smallest absolute Gasteiger partial charge is 0.291 e. The minimum atomic E-state index is -1.20. The summed E-state index contributed by atoms with van der Waals surface area (Å²) < 4.78 is 18.8. The normalized spacial score (nSPS) is 19.8. The van der Waals surface area contributed by atoms with Gasteiger partial charge in [0.15, 0.2) is 17.3 Å². The quantitative estimate of drug-likeness (QED) is 0.310. The van der Waals surface area contributed by atoms with Crippen molar-refractivity contribution in [1.82, 2.24) is 14.5 Å². The van der Waals surface area contributed by atoms with Crippen LogP contribution in [0.3, 0.4) is 0 Å². The first-order chi connectivity index (χ1) is 16.0. The van der Waals surface area contributed by atoms with Gasteiger partial charge in [0, 0.05) is 31.0 Å². The van der Waals surface area contributed by atoms with Crippen LogP contribution in [-0.2, 0) is 16.1 Å². The number of carbonyl (C=O) groups is 3. The van der Waals surface area contributed by atoms with Crippen molar-refractivity contribution in [3.63, 3.8) is 0 Å². The maximum atomic E-state index is 13.5. The maximum absolute atomic E-state index is 13.5. The van der Waals surface area contributed by atoms with Crippen molar-refractivity contribution in [1.29, 1.82) is 0 Å². The molecule has 4 heterocycles. The number of ether oxygens (including phenoxy) is 2. The second kappa shape index (κ2) is 8.57. The maximum Gasteiger partial charge on any atom is 0.291 e. The molecule has 1 fully saturated rings. The summed E-state index contributed by atoms with van der Waals surface area (Å²) in [6, 6.07) is 7.50. The highest BCUT2D eigenvalue weighted by molar-refractivity contribution is 6.44. The zero-order chi connectivity index (χ0) is 22.9. The van der Waals surface area contributed by atoms with Gasteiger partial charge in [-0.15, -0.1) is 0 Å². The highest BCUT2D eigenvalue weighted by Crippen LogP contribution is 2.40. The average molecular weight is 449 g/mol. The van der Waals surface area contributed by atoms with Crippen LogP contribution in [0.2, 0.25) is 0 Å². The van der Waals surface area contributed by atoms with E-state index < -0.39 is 29.4 Å². The highest BCUT2D eigenvalue weighted by Gasteiger charge is 2.52. The molecule has 170 valence electrons. The fourth-order valence-electron chi connectivity index (χ4n) is 4.38. The summed E-state index contributed by atoms with van der Waals surface area (Å²) in [6.45, 7) is 3.53. The Labute approximate surface area is 189 Å². The molecule has 2 unspecified atom stereocenters. The highest BCUT2D eigenvalue weighted by atomic mass is 16.6. The molecule has 33 heavy (non-hydrogen) atoms. The van der Waals surface area contributed by atoms with Crippen LogP contribution in [0.15, 0.2) is 53.5 Å². The third-order valence-electron chi connectivity index (χ3n) is 5.94. The Bertz CT molecular complexity index is 1200. The number of rotatable bonds is 7. The van der Waals surface area contributed by atoms with E-state index in [1.54, 1.807) is 49.8 Å². The lowest BCUT2D eigenvalue weighted by atomic mass is 9.88. The van der Waals surface area contributed by atoms with Gasteiger partial charge in [-0.25, -0.2) is 4.98 Å². The number of ketones is 2. The second-order valence-electron chi connectivity index (χ2n) is 8.11. The topological polar surface area (TPSA) is 104 Å². The molecular formula is C24H23N3O6. The molecule has 0 saturated carbocycles. The molecule has 0 radical (unpaired) electrons. The fraction of sp³-hybridized carbons (Fsp3) is 0.333. The summed E-state index contributed by atoms with van der Waals surface area (Å²) in [5.74, 6) is -0.976. The van der Waals surface area contributed by atoms with E-state index in [1.165, 1.54) is 4.90 Å². The van der Waals surface area contributed by atoms with Crippen LogP contribution in [0, 0.1) is 12.8 Å². The molecule has 2 aliphatic heterocycles. The van der Waals surface area contributed by atoms with E-state index >= 15 is 0 Å².